The van der Waals surface area contributed by atoms with Gasteiger partial charge in [0.1, 0.15) is 4.21 Å². The molecule has 1 fully saturated rings. The van der Waals surface area contributed by atoms with Crippen LogP contribution in [0.5, 0.6) is 0 Å². The normalized spacial score (nSPS) is 17.6. The molecule has 0 radical (unpaired) electrons. The predicted molar refractivity (Wildman–Crippen MR) is 92.8 cm³/mol. The summed E-state index contributed by atoms with van der Waals surface area (Å²) in [6.07, 6.45) is 0.962. The molecule has 1 aliphatic rings. The van der Waals surface area contributed by atoms with Crippen molar-refractivity contribution in [3.63, 3.8) is 0 Å². The Hall–Kier alpha value is -1.90. The molecule has 1 amide bonds. The molecular weight excluding hydrogens is 348 g/mol. The largest absolute Gasteiger partial charge is 0.381 e. The molecule has 24 heavy (non-hydrogen) atoms. The lowest BCUT2D eigenvalue weighted by Gasteiger charge is -2.10. The molecule has 2 heterocycles. The Bertz CT molecular complexity index is 780. The smallest absolute Gasteiger partial charge is 0.271 e. The first-order chi connectivity index (χ1) is 11.5. The Labute approximate surface area is 144 Å². The lowest BCUT2D eigenvalue weighted by molar-refractivity contribution is 0.0945. The highest BCUT2D eigenvalue weighted by Crippen LogP contribution is 2.20. The Kier molecular flexibility index (Phi) is 5.17. The van der Waals surface area contributed by atoms with Crippen LogP contribution >= 0.6 is 11.3 Å². The van der Waals surface area contributed by atoms with E-state index in [0.29, 0.717) is 30.3 Å². The minimum atomic E-state index is -3.57. The third kappa shape index (κ3) is 4.14. The van der Waals surface area contributed by atoms with Crippen molar-refractivity contribution >= 4 is 33.0 Å². The third-order valence-corrected chi connectivity index (χ3v) is 6.51. The van der Waals surface area contributed by atoms with Crippen LogP contribution in [0.15, 0.2) is 46.0 Å². The second kappa shape index (κ2) is 7.33. The maximum atomic E-state index is 12.1. The van der Waals surface area contributed by atoms with Gasteiger partial charge < -0.3 is 10.1 Å². The minimum Gasteiger partial charge on any atom is -0.381 e. The zero-order valence-electron chi connectivity index (χ0n) is 12.9. The van der Waals surface area contributed by atoms with Gasteiger partial charge >= 0.3 is 0 Å². The number of rotatable bonds is 6. The molecule has 2 aromatic rings. The topological polar surface area (TPSA) is 84.5 Å². The fourth-order valence-corrected chi connectivity index (χ4v) is 4.45. The maximum absolute atomic E-state index is 12.1. The van der Waals surface area contributed by atoms with E-state index in [2.05, 4.69) is 10.0 Å². The highest BCUT2D eigenvalue weighted by Gasteiger charge is 2.17. The van der Waals surface area contributed by atoms with Gasteiger partial charge in [-0.05, 0) is 42.1 Å². The molecule has 2 N–H and O–H groups in total. The number of nitrogens with one attached hydrogen (secondary N) is 2. The lowest BCUT2D eigenvalue weighted by atomic mass is 10.1. The van der Waals surface area contributed by atoms with Crippen LogP contribution in [0.4, 0.5) is 5.69 Å². The van der Waals surface area contributed by atoms with E-state index >= 15 is 0 Å². The number of amides is 1. The summed E-state index contributed by atoms with van der Waals surface area (Å²) in [7, 11) is -3.57. The highest BCUT2D eigenvalue weighted by atomic mass is 32.2. The van der Waals surface area contributed by atoms with Gasteiger partial charge in [0.05, 0.1) is 6.61 Å². The average Bonchev–Trinajstić information content (AvgIpc) is 3.26. The Morgan fingerprint density at radius 1 is 1.25 bits per heavy atom. The molecule has 0 bridgehead atoms. The molecule has 1 aliphatic heterocycles. The summed E-state index contributed by atoms with van der Waals surface area (Å²) in [6.45, 7) is 2.02. The summed E-state index contributed by atoms with van der Waals surface area (Å²) in [5, 5.41) is 4.58. The summed E-state index contributed by atoms with van der Waals surface area (Å²) in [5.74, 6) is 0.195. The molecule has 1 saturated heterocycles. The number of carbonyl (C=O) groups excluding carboxylic acids is 1. The quantitative estimate of drug-likeness (QED) is 0.822. The van der Waals surface area contributed by atoms with Gasteiger partial charge in [0.15, 0.2) is 0 Å². The molecule has 8 heteroatoms. The summed E-state index contributed by atoms with van der Waals surface area (Å²) < 4.78 is 32.3. The van der Waals surface area contributed by atoms with Crippen LogP contribution in [-0.2, 0) is 14.8 Å². The molecule has 0 spiro atoms. The molecule has 1 atom stereocenters. The summed E-state index contributed by atoms with van der Waals surface area (Å²) in [5.41, 5.74) is 0.914. The van der Waals surface area contributed by atoms with Gasteiger partial charge in [-0.1, -0.05) is 6.07 Å². The van der Waals surface area contributed by atoms with E-state index in [4.69, 9.17) is 4.74 Å². The van der Waals surface area contributed by atoms with E-state index in [1.54, 1.807) is 41.8 Å². The first kappa shape index (κ1) is 16.9. The number of ether oxygens (including phenoxy) is 1. The molecule has 1 aromatic heterocycles. The van der Waals surface area contributed by atoms with Crippen molar-refractivity contribution < 1.29 is 17.9 Å². The molecule has 3 rings (SSSR count). The molecule has 1 aromatic carbocycles. The molecular formula is C16H18N2O4S2. The van der Waals surface area contributed by atoms with E-state index in [-0.39, 0.29) is 10.1 Å². The average molecular weight is 366 g/mol. The number of sulfonamides is 1. The molecule has 0 aliphatic carbocycles. The molecule has 1 unspecified atom stereocenters. The molecule has 6 nitrogen and oxygen atoms in total. The van der Waals surface area contributed by atoms with E-state index in [1.165, 1.54) is 0 Å². The number of hydrogen-bond donors (Lipinski definition) is 2. The second-order valence-corrected chi connectivity index (χ2v) is 8.41. The van der Waals surface area contributed by atoms with Crippen LogP contribution < -0.4 is 10.0 Å². The van der Waals surface area contributed by atoms with Crippen LogP contribution in [-0.4, -0.2) is 34.1 Å². The number of carbonyl (C=O) groups is 1. The number of hydrogen-bond acceptors (Lipinski definition) is 5. The van der Waals surface area contributed by atoms with Gasteiger partial charge in [-0.15, -0.1) is 11.3 Å². The van der Waals surface area contributed by atoms with Crippen molar-refractivity contribution in [1.82, 2.24) is 5.32 Å². The van der Waals surface area contributed by atoms with Gasteiger partial charge in [-0.2, -0.15) is 0 Å². The van der Waals surface area contributed by atoms with Crippen molar-refractivity contribution in [3.8, 4) is 0 Å². The van der Waals surface area contributed by atoms with Crippen molar-refractivity contribution in [2.45, 2.75) is 10.6 Å². The third-order valence-electron chi connectivity index (χ3n) is 3.73. The van der Waals surface area contributed by atoms with Crippen molar-refractivity contribution in [1.29, 1.82) is 0 Å². The first-order valence-corrected chi connectivity index (χ1v) is 9.93. The standard InChI is InChI=1S/C16H18N2O4S2/c19-16(17-10-12-7-8-22-11-12)13-3-5-14(6-4-13)18-24(20,21)15-2-1-9-23-15/h1-6,9,12,18H,7-8,10-11H2,(H,17,19). The van der Waals surface area contributed by atoms with Gasteiger partial charge in [-0.3, -0.25) is 9.52 Å². The Morgan fingerprint density at radius 3 is 2.67 bits per heavy atom. The van der Waals surface area contributed by atoms with E-state index < -0.39 is 10.0 Å². The van der Waals surface area contributed by atoms with E-state index in [1.807, 2.05) is 0 Å². The Morgan fingerprint density at radius 2 is 2.04 bits per heavy atom. The van der Waals surface area contributed by atoms with Crippen molar-refractivity contribution in [2.75, 3.05) is 24.5 Å². The van der Waals surface area contributed by atoms with Crippen LogP contribution in [0.25, 0.3) is 0 Å². The van der Waals surface area contributed by atoms with Gasteiger partial charge in [0.2, 0.25) is 0 Å². The van der Waals surface area contributed by atoms with Crippen LogP contribution in [0.1, 0.15) is 16.8 Å². The van der Waals surface area contributed by atoms with Gasteiger partial charge in [0.25, 0.3) is 15.9 Å². The van der Waals surface area contributed by atoms with E-state index in [0.717, 1.165) is 24.4 Å². The zero-order chi connectivity index (χ0) is 17.0. The Balaban J connectivity index is 1.59. The number of benzene rings is 1. The lowest BCUT2D eigenvalue weighted by Crippen LogP contribution is -2.29. The second-order valence-electron chi connectivity index (χ2n) is 5.55. The summed E-state index contributed by atoms with van der Waals surface area (Å²) in [4.78, 5) is 12.1. The van der Waals surface area contributed by atoms with Gasteiger partial charge in [-0.25, -0.2) is 8.42 Å². The van der Waals surface area contributed by atoms with Gasteiger partial charge in [0, 0.05) is 30.3 Å². The van der Waals surface area contributed by atoms with Crippen molar-refractivity contribution in [3.05, 3.63) is 47.3 Å². The summed E-state index contributed by atoms with van der Waals surface area (Å²) >= 11 is 1.15. The SMILES string of the molecule is O=C(NCC1CCOC1)c1ccc(NS(=O)(=O)c2cccs2)cc1. The first-order valence-electron chi connectivity index (χ1n) is 7.57. The predicted octanol–water partition coefficient (Wildman–Crippen LogP) is 2.32. The molecule has 0 saturated carbocycles. The number of anilines is 1. The zero-order valence-corrected chi connectivity index (χ0v) is 14.5. The fourth-order valence-electron chi connectivity index (χ4n) is 2.39. The number of thiophene rings is 1. The van der Waals surface area contributed by atoms with Crippen LogP contribution in [0.3, 0.4) is 0 Å². The van der Waals surface area contributed by atoms with Crippen LogP contribution in [0.2, 0.25) is 0 Å². The highest BCUT2D eigenvalue weighted by molar-refractivity contribution is 7.94. The molecule has 128 valence electrons. The maximum Gasteiger partial charge on any atom is 0.271 e. The van der Waals surface area contributed by atoms with Crippen molar-refractivity contribution in [2.24, 2.45) is 5.92 Å². The monoisotopic (exact) mass is 366 g/mol. The summed E-state index contributed by atoms with van der Waals surface area (Å²) in [6, 6.07) is 9.60. The van der Waals surface area contributed by atoms with E-state index in [9.17, 15) is 13.2 Å². The minimum absolute atomic E-state index is 0.172. The fraction of sp³-hybridized carbons (Fsp3) is 0.312. The van der Waals surface area contributed by atoms with Crippen LogP contribution in [0, 0.1) is 5.92 Å².